The molecule has 0 radical (unpaired) electrons. The number of thiophene rings is 1. The minimum absolute atomic E-state index is 0.0869. The van der Waals surface area contributed by atoms with Crippen LogP contribution in [-0.2, 0) is 0 Å². The van der Waals surface area contributed by atoms with Gasteiger partial charge in [-0.3, -0.25) is 4.90 Å². The second-order valence-electron chi connectivity index (χ2n) is 3.81. The molecule has 2 rings (SSSR count). The summed E-state index contributed by atoms with van der Waals surface area (Å²) in [6.45, 7) is 3.99. The molecule has 1 atom stereocenters. The van der Waals surface area contributed by atoms with Gasteiger partial charge < -0.3 is 5.32 Å². The van der Waals surface area contributed by atoms with E-state index < -0.39 is 0 Å². The van der Waals surface area contributed by atoms with Crippen LogP contribution in [-0.4, -0.2) is 31.1 Å². The maximum atomic E-state index is 9.31. The minimum atomic E-state index is -0.0869. The van der Waals surface area contributed by atoms with E-state index in [1.807, 2.05) is 12.1 Å². The van der Waals surface area contributed by atoms with Crippen molar-refractivity contribution < 1.29 is 0 Å². The molecule has 1 N–H and O–H groups in total. The Morgan fingerprint density at radius 1 is 1.44 bits per heavy atom. The van der Waals surface area contributed by atoms with Crippen LogP contribution in [0, 0.1) is 11.3 Å². The lowest BCUT2D eigenvalue weighted by Gasteiger charge is -2.23. The number of rotatable bonds is 2. The van der Waals surface area contributed by atoms with Gasteiger partial charge in [-0.2, -0.15) is 5.26 Å². The molecule has 1 aromatic heterocycles. The van der Waals surface area contributed by atoms with E-state index in [0.29, 0.717) is 0 Å². The average Bonchev–Trinajstić information content (AvgIpc) is 2.55. The van der Waals surface area contributed by atoms with Gasteiger partial charge in [0.1, 0.15) is 6.04 Å². The Bertz CT molecular complexity index is 377. The minimum Gasteiger partial charge on any atom is -0.315 e. The van der Waals surface area contributed by atoms with E-state index in [0.717, 1.165) is 41.3 Å². The van der Waals surface area contributed by atoms with Gasteiger partial charge in [-0.1, -0.05) is 0 Å². The molecule has 86 valence electrons. The molecule has 1 unspecified atom stereocenters. The zero-order valence-corrected chi connectivity index (χ0v) is 11.4. The lowest BCUT2D eigenvalue weighted by Crippen LogP contribution is -2.31. The molecule has 1 aliphatic heterocycles. The van der Waals surface area contributed by atoms with Crippen molar-refractivity contribution in [3.63, 3.8) is 0 Å². The first-order chi connectivity index (χ1) is 7.81. The molecular formula is C11H14BrN3S. The summed E-state index contributed by atoms with van der Waals surface area (Å²) >= 11 is 5.10. The van der Waals surface area contributed by atoms with Gasteiger partial charge in [0.2, 0.25) is 0 Å². The Hall–Kier alpha value is -0.410. The molecule has 0 aromatic carbocycles. The molecule has 0 spiro atoms. The topological polar surface area (TPSA) is 39.1 Å². The zero-order chi connectivity index (χ0) is 11.4. The fourth-order valence-corrected chi connectivity index (χ4v) is 3.43. The number of nitriles is 1. The number of halogens is 1. The van der Waals surface area contributed by atoms with Gasteiger partial charge in [-0.05, 0) is 41.0 Å². The predicted octanol–water partition coefficient (Wildman–Crippen LogP) is 2.37. The predicted molar refractivity (Wildman–Crippen MR) is 69.4 cm³/mol. The summed E-state index contributed by atoms with van der Waals surface area (Å²) in [5.74, 6) is 0. The Balaban J connectivity index is 2.12. The van der Waals surface area contributed by atoms with Gasteiger partial charge >= 0.3 is 0 Å². The first-order valence-electron chi connectivity index (χ1n) is 5.41. The number of hydrogen-bond acceptors (Lipinski definition) is 4. The molecule has 3 nitrogen and oxygen atoms in total. The van der Waals surface area contributed by atoms with E-state index in [-0.39, 0.29) is 6.04 Å². The quantitative estimate of drug-likeness (QED) is 0.911. The van der Waals surface area contributed by atoms with E-state index in [1.54, 1.807) is 11.3 Å². The highest BCUT2D eigenvalue weighted by Gasteiger charge is 2.22. The van der Waals surface area contributed by atoms with E-state index in [2.05, 4.69) is 32.2 Å². The Morgan fingerprint density at radius 2 is 2.31 bits per heavy atom. The summed E-state index contributed by atoms with van der Waals surface area (Å²) in [5.41, 5.74) is 0. The summed E-state index contributed by atoms with van der Waals surface area (Å²) in [4.78, 5) is 3.40. The number of nitrogens with one attached hydrogen (secondary N) is 1. The standard InChI is InChI=1S/C11H14BrN3S/c12-11-3-2-10(16-11)9(8-13)15-6-1-4-14-5-7-15/h2-3,9,14H,1,4-7H2. The zero-order valence-electron chi connectivity index (χ0n) is 8.95. The molecule has 16 heavy (non-hydrogen) atoms. The van der Waals surface area contributed by atoms with Gasteiger partial charge in [0.15, 0.2) is 0 Å². The van der Waals surface area contributed by atoms with Crippen molar-refractivity contribution in [2.75, 3.05) is 26.2 Å². The molecule has 1 aromatic rings. The molecule has 0 amide bonds. The van der Waals surface area contributed by atoms with Gasteiger partial charge in [0, 0.05) is 24.5 Å². The van der Waals surface area contributed by atoms with Crippen LogP contribution in [0.5, 0.6) is 0 Å². The fourth-order valence-electron chi connectivity index (χ4n) is 1.93. The van der Waals surface area contributed by atoms with Crippen molar-refractivity contribution in [2.24, 2.45) is 0 Å². The molecule has 1 saturated heterocycles. The van der Waals surface area contributed by atoms with E-state index in [9.17, 15) is 5.26 Å². The van der Waals surface area contributed by atoms with Crippen molar-refractivity contribution in [1.29, 1.82) is 5.26 Å². The van der Waals surface area contributed by atoms with Crippen molar-refractivity contribution in [1.82, 2.24) is 10.2 Å². The molecule has 5 heteroatoms. The maximum Gasteiger partial charge on any atom is 0.133 e. The smallest absolute Gasteiger partial charge is 0.133 e. The molecule has 1 fully saturated rings. The van der Waals surface area contributed by atoms with Crippen molar-refractivity contribution >= 4 is 27.3 Å². The highest BCUT2D eigenvalue weighted by molar-refractivity contribution is 9.11. The normalized spacial score (nSPS) is 20.0. The second kappa shape index (κ2) is 5.78. The van der Waals surface area contributed by atoms with Crippen molar-refractivity contribution in [2.45, 2.75) is 12.5 Å². The largest absolute Gasteiger partial charge is 0.315 e. The maximum absolute atomic E-state index is 9.31. The number of nitrogens with zero attached hydrogens (tertiary/aromatic N) is 2. The van der Waals surface area contributed by atoms with Crippen LogP contribution in [0.1, 0.15) is 17.3 Å². The third-order valence-electron chi connectivity index (χ3n) is 2.73. The van der Waals surface area contributed by atoms with Crippen LogP contribution in [0.4, 0.5) is 0 Å². The lowest BCUT2D eigenvalue weighted by atomic mass is 10.2. The molecule has 0 bridgehead atoms. The molecule has 0 aliphatic carbocycles. The highest BCUT2D eigenvalue weighted by atomic mass is 79.9. The molecule has 0 saturated carbocycles. The third-order valence-corrected chi connectivity index (χ3v) is 4.40. The highest BCUT2D eigenvalue weighted by Crippen LogP contribution is 2.30. The summed E-state index contributed by atoms with van der Waals surface area (Å²) in [6, 6.07) is 6.39. The van der Waals surface area contributed by atoms with Crippen LogP contribution < -0.4 is 5.32 Å². The van der Waals surface area contributed by atoms with Crippen LogP contribution in [0.3, 0.4) is 0 Å². The molecular weight excluding hydrogens is 286 g/mol. The van der Waals surface area contributed by atoms with Gasteiger partial charge in [0.25, 0.3) is 0 Å². The molecule has 2 heterocycles. The van der Waals surface area contributed by atoms with Crippen LogP contribution in [0.25, 0.3) is 0 Å². The first-order valence-corrected chi connectivity index (χ1v) is 7.02. The average molecular weight is 300 g/mol. The Morgan fingerprint density at radius 3 is 3.00 bits per heavy atom. The van der Waals surface area contributed by atoms with E-state index in [1.165, 1.54) is 0 Å². The summed E-state index contributed by atoms with van der Waals surface area (Å²) < 4.78 is 1.09. The monoisotopic (exact) mass is 299 g/mol. The van der Waals surface area contributed by atoms with Crippen molar-refractivity contribution in [3.05, 3.63) is 20.8 Å². The van der Waals surface area contributed by atoms with Gasteiger partial charge in [-0.15, -0.1) is 11.3 Å². The summed E-state index contributed by atoms with van der Waals surface area (Å²) in [6.07, 6.45) is 1.12. The van der Waals surface area contributed by atoms with Gasteiger partial charge in [-0.25, -0.2) is 0 Å². The van der Waals surface area contributed by atoms with E-state index >= 15 is 0 Å². The van der Waals surface area contributed by atoms with Crippen molar-refractivity contribution in [3.8, 4) is 6.07 Å². The van der Waals surface area contributed by atoms with Crippen LogP contribution >= 0.6 is 27.3 Å². The first kappa shape index (κ1) is 12.1. The lowest BCUT2D eigenvalue weighted by molar-refractivity contribution is 0.255. The molecule has 1 aliphatic rings. The third kappa shape index (κ3) is 2.83. The summed E-state index contributed by atoms with van der Waals surface area (Å²) in [7, 11) is 0. The second-order valence-corrected chi connectivity index (χ2v) is 6.31. The van der Waals surface area contributed by atoms with Crippen LogP contribution in [0.2, 0.25) is 0 Å². The van der Waals surface area contributed by atoms with Crippen LogP contribution in [0.15, 0.2) is 15.9 Å². The summed E-state index contributed by atoms with van der Waals surface area (Å²) in [5, 5.41) is 12.7. The number of hydrogen-bond donors (Lipinski definition) is 1. The van der Waals surface area contributed by atoms with E-state index in [4.69, 9.17) is 0 Å². The Labute approximate surface area is 108 Å². The van der Waals surface area contributed by atoms with Gasteiger partial charge in [0.05, 0.1) is 9.86 Å². The fraction of sp³-hybridized carbons (Fsp3) is 0.545. The Kier molecular flexibility index (Phi) is 4.36. The SMILES string of the molecule is N#CC(c1ccc(Br)s1)N1CCCNCC1.